The molecule has 9 N–H and O–H groups in total. The smallest absolute Gasteiger partial charge is 0.462 e. The van der Waals surface area contributed by atoms with Crippen molar-refractivity contribution in [3.8, 4) is 0 Å². The maximum atomic E-state index is 13.6. The normalized spacial score (nSPS) is 32.2. The minimum atomic E-state index is -5.47. The molecule has 0 saturated carbocycles. The van der Waals surface area contributed by atoms with Gasteiger partial charge in [0.05, 0.1) is 24.9 Å². The van der Waals surface area contributed by atoms with Crippen molar-refractivity contribution in [3.63, 3.8) is 0 Å². The molecule has 2 bridgehead atoms. The summed E-state index contributed by atoms with van der Waals surface area (Å²) in [5.41, 5.74) is 0. The van der Waals surface area contributed by atoms with Crippen molar-refractivity contribution in [1.29, 1.82) is 0 Å². The first-order valence-corrected chi connectivity index (χ1v) is 26.0. The molecular weight excluding hydrogens is 867 g/mol. The van der Waals surface area contributed by atoms with Gasteiger partial charge < -0.3 is 60.0 Å². The Kier molecular flexibility index (Phi) is 31.4. The molecule has 0 amide bonds. The molecule has 380 valence electrons. The molecule has 2 aliphatic rings. The molecule has 2 heterocycles. The van der Waals surface area contributed by atoms with Crippen molar-refractivity contribution in [1.82, 2.24) is 0 Å². The summed E-state index contributed by atoms with van der Waals surface area (Å²) >= 11 is 0. The molecule has 13 atom stereocenters. The number of cyclic esters (lactones) is 1. The first kappa shape index (κ1) is 59.3. The fourth-order valence-corrected chi connectivity index (χ4v) is 9.01. The third kappa shape index (κ3) is 25.4. The fraction of sp³-hybridized carbons (Fsp3) is 0.872. The largest absolute Gasteiger partial charge is 0.472 e. The molecule has 17 nitrogen and oxygen atoms in total. The van der Waals surface area contributed by atoms with E-state index in [1.807, 2.05) is 6.92 Å². The number of allylic oxidation sites excluding steroid dienone is 2. The van der Waals surface area contributed by atoms with Crippen LogP contribution in [0.4, 0.5) is 0 Å². The lowest BCUT2D eigenvalue weighted by atomic mass is 9.83. The van der Waals surface area contributed by atoms with Crippen molar-refractivity contribution in [2.24, 2.45) is 5.92 Å². The van der Waals surface area contributed by atoms with Gasteiger partial charge in [0.15, 0.2) is 12.4 Å². The highest BCUT2D eigenvalue weighted by Gasteiger charge is 2.48. The summed E-state index contributed by atoms with van der Waals surface area (Å²) in [5.74, 6) is -2.63. The van der Waals surface area contributed by atoms with Crippen LogP contribution in [0, 0.1) is 5.92 Å². The number of carbonyl (C=O) groups is 2. The molecule has 1 saturated heterocycles. The monoisotopic (exact) mass is 953 g/mol. The fourth-order valence-electron chi connectivity index (χ4n) is 8.04. The average molecular weight is 953 g/mol. The Morgan fingerprint density at radius 1 is 0.769 bits per heavy atom. The van der Waals surface area contributed by atoms with E-state index in [0.717, 1.165) is 44.6 Å². The number of phosphoric acid groups is 1. The Labute approximate surface area is 387 Å². The van der Waals surface area contributed by atoms with Gasteiger partial charge >= 0.3 is 19.8 Å². The van der Waals surface area contributed by atoms with Gasteiger partial charge in [0.25, 0.3) is 0 Å². The first-order valence-electron chi connectivity index (χ1n) is 24.5. The summed E-state index contributed by atoms with van der Waals surface area (Å²) in [5, 5.41) is 89.4. The first-order chi connectivity index (χ1) is 31.1. The highest BCUT2D eigenvalue weighted by molar-refractivity contribution is 7.47. The number of hydrogen-bond acceptors (Lipinski definition) is 16. The van der Waals surface area contributed by atoms with Crippen LogP contribution in [0.1, 0.15) is 174 Å². The van der Waals surface area contributed by atoms with Crippen molar-refractivity contribution in [2.75, 3.05) is 13.2 Å². The number of hydrogen-bond donors (Lipinski definition) is 9. The Bertz CT molecular complexity index is 1370. The van der Waals surface area contributed by atoms with Crippen LogP contribution < -0.4 is 0 Å². The summed E-state index contributed by atoms with van der Waals surface area (Å²) in [6.45, 7) is 2.80. The Hall–Kier alpha value is -1.83. The van der Waals surface area contributed by atoms with Crippen LogP contribution in [-0.2, 0) is 37.4 Å². The number of aliphatic hydroxyl groups excluding tert-OH is 8. The van der Waals surface area contributed by atoms with Crippen LogP contribution >= 0.6 is 7.82 Å². The van der Waals surface area contributed by atoms with Gasteiger partial charge in [-0.2, -0.15) is 0 Å². The van der Waals surface area contributed by atoms with E-state index in [0.29, 0.717) is 32.1 Å². The molecule has 0 aliphatic carbocycles. The average Bonchev–Trinajstić information content (AvgIpc) is 3.27. The van der Waals surface area contributed by atoms with Crippen LogP contribution in [-0.4, -0.2) is 138 Å². The SMILES string of the molecule is CCCCCCCCCCCCCCCCCC(=O)O[C@@H]1COC(=O)CCCC=CC[C@@H]2[C@@H](O)[C@H](O)[C@@H](O)[C@H](OP(=O)(O)OC1)[C@H](O)[C@H](O)[C@@H](/C=C/[C@@H](O)CCCCC)OC(O)C[C@@H]2O. The van der Waals surface area contributed by atoms with E-state index in [1.165, 1.54) is 70.3 Å². The van der Waals surface area contributed by atoms with E-state index in [1.54, 1.807) is 12.2 Å². The van der Waals surface area contributed by atoms with E-state index in [-0.39, 0.29) is 19.3 Å². The third-order valence-electron chi connectivity index (χ3n) is 12.1. The predicted molar refractivity (Wildman–Crippen MR) is 243 cm³/mol. The minimum Gasteiger partial charge on any atom is -0.462 e. The van der Waals surface area contributed by atoms with Crippen LogP contribution in [0.15, 0.2) is 24.3 Å². The van der Waals surface area contributed by atoms with E-state index < -0.39 is 113 Å². The number of ether oxygens (including phenoxy) is 3. The number of unbranched alkanes of at least 4 members (excludes halogenated alkanes) is 16. The Balaban J connectivity index is 2.20. The maximum Gasteiger partial charge on any atom is 0.472 e. The minimum absolute atomic E-state index is 0.0265. The van der Waals surface area contributed by atoms with Gasteiger partial charge in [-0.05, 0) is 32.1 Å². The zero-order chi connectivity index (χ0) is 48.0. The molecule has 0 aromatic rings. The summed E-state index contributed by atoms with van der Waals surface area (Å²) in [7, 11) is -5.47. The van der Waals surface area contributed by atoms with E-state index in [4.69, 9.17) is 23.3 Å². The molecular formula is C47H85O17P. The molecule has 0 aromatic carbocycles. The number of fused-ring (bicyclic) bond motifs is 4. The van der Waals surface area contributed by atoms with Gasteiger partial charge in [0, 0.05) is 25.2 Å². The van der Waals surface area contributed by atoms with Crippen molar-refractivity contribution in [3.05, 3.63) is 24.3 Å². The lowest BCUT2D eigenvalue weighted by Gasteiger charge is -2.39. The molecule has 65 heavy (non-hydrogen) atoms. The van der Waals surface area contributed by atoms with Gasteiger partial charge in [-0.1, -0.05) is 147 Å². The van der Waals surface area contributed by atoms with Gasteiger partial charge in [-0.25, -0.2) is 4.57 Å². The van der Waals surface area contributed by atoms with E-state index in [9.17, 15) is 59.9 Å². The number of rotatable bonds is 23. The molecule has 2 rings (SSSR count). The molecule has 0 radical (unpaired) electrons. The molecule has 0 spiro atoms. The topological polar surface area (TPSA) is 279 Å². The summed E-state index contributed by atoms with van der Waals surface area (Å²) in [6.07, 6.45) is 4.17. The molecule has 18 heteroatoms. The molecule has 1 fully saturated rings. The van der Waals surface area contributed by atoms with Crippen molar-refractivity contribution < 1.29 is 83.2 Å². The second kappa shape index (κ2) is 34.5. The zero-order valence-corrected chi connectivity index (χ0v) is 40.0. The summed E-state index contributed by atoms with van der Waals surface area (Å²) < 4.78 is 40.3. The standard InChI is InChI=1S/C47H85O17P/c1-3-5-7-8-9-10-11-12-13-14-15-16-17-18-24-28-40(51)62-35-32-60-39(50)27-23-20-19-22-26-36-37(49)31-41(52)63-38(30-29-34(48)25-21-6-4-2)43(54)45(56)47(46(57)44(55)42(36)53)64-65(58,59)61-33-35/h19,22,29-30,34-38,41-49,52-57H,3-18,20-21,23-28,31-33H2,1-2H3,(H,58,59)/b22-19?,30-29+/t34-,35+,36-,37-,38+,41?,42+,43+,44-,45+,46+,47+/m0/s1. The lowest BCUT2D eigenvalue weighted by molar-refractivity contribution is -0.213. The highest BCUT2D eigenvalue weighted by atomic mass is 31.2. The Morgan fingerprint density at radius 2 is 1.34 bits per heavy atom. The third-order valence-corrected chi connectivity index (χ3v) is 13.1. The van der Waals surface area contributed by atoms with Crippen molar-refractivity contribution >= 4 is 19.8 Å². The van der Waals surface area contributed by atoms with E-state index in [2.05, 4.69) is 6.92 Å². The van der Waals surface area contributed by atoms with Crippen molar-refractivity contribution in [2.45, 2.75) is 242 Å². The van der Waals surface area contributed by atoms with Crippen LogP contribution in [0.25, 0.3) is 0 Å². The second-order valence-corrected chi connectivity index (χ2v) is 19.3. The van der Waals surface area contributed by atoms with Gasteiger partial charge in [-0.15, -0.1) is 0 Å². The quantitative estimate of drug-likeness (QED) is 0.0256. The lowest BCUT2D eigenvalue weighted by Crippen LogP contribution is -2.58. The molecule has 2 aliphatic heterocycles. The summed E-state index contributed by atoms with van der Waals surface area (Å²) in [6, 6.07) is 0. The number of carbonyl (C=O) groups excluding carboxylic acids is 2. The van der Waals surface area contributed by atoms with Gasteiger partial charge in [-0.3, -0.25) is 18.6 Å². The van der Waals surface area contributed by atoms with Crippen LogP contribution in [0.2, 0.25) is 0 Å². The zero-order valence-electron chi connectivity index (χ0n) is 39.1. The number of esters is 2. The number of phosphoric ester groups is 1. The number of aliphatic hydroxyl groups is 8. The summed E-state index contributed by atoms with van der Waals surface area (Å²) in [4.78, 5) is 36.5. The van der Waals surface area contributed by atoms with Crippen LogP contribution in [0.3, 0.4) is 0 Å². The molecule has 2 unspecified atom stereocenters. The highest BCUT2D eigenvalue weighted by Crippen LogP contribution is 2.47. The predicted octanol–water partition coefficient (Wildman–Crippen LogP) is 5.72. The van der Waals surface area contributed by atoms with E-state index >= 15 is 0 Å². The second-order valence-electron chi connectivity index (χ2n) is 17.9. The molecule has 0 aromatic heterocycles. The van der Waals surface area contributed by atoms with Gasteiger partial charge in [0.1, 0.15) is 43.2 Å². The Morgan fingerprint density at radius 3 is 1.95 bits per heavy atom. The van der Waals surface area contributed by atoms with Crippen LogP contribution in [0.5, 0.6) is 0 Å². The van der Waals surface area contributed by atoms with Gasteiger partial charge in [0.2, 0.25) is 0 Å². The maximum absolute atomic E-state index is 13.6.